The first-order valence-electron chi connectivity index (χ1n) is 4.93. The zero-order valence-electron chi connectivity index (χ0n) is 7.71. The third kappa shape index (κ3) is 1.63. The molecule has 1 spiro atoms. The maximum atomic E-state index is 9.36. The molecule has 2 fully saturated rings. The van der Waals surface area contributed by atoms with Crippen molar-refractivity contribution < 1.29 is 5.11 Å². The smallest absolute Gasteiger partial charge is 0.117 e. The van der Waals surface area contributed by atoms with Gasteiger partial charge in [0.2, 0.25) is 0 Å². The van der Waals surface area contributed by atoms with Gasteiger partial charge in [-0.1, -0.05) is 6.92 Å². The second-order valence-electron chi connectivity index (χ2n) is 4.22. The van der Waals surface area contributed by atoms with Crippen molar-refractivity contribution in [2.75, 3.05) is 13.1 Å². The minimum absolute atomic E-state index is 0.348. The minimum Gasteiger partial charge on any atom is -0.377 e. The number of aliphatic hydroxyl groups is 1. The van der Waals surface area contributed by atoms with Gasteiger partial charge in [-0.05, 0) is 31.1 Å². The van der Waals surface area contributed by atoms with Gasteiger partial charge in [-0.2, -0.15) is 0 Å². The Balaban J connectivity index is 1.76. The van der Waals surface area contributed by atoms with Crippen LogP contribution in [0.1, 0.15) is 32.6 Å². The van der Waals surface area contributed by atoms with Gasteiger partial charge < -0.3 is 5.11 Å². The molecule has 1 saturated carbocycles. The molecule has 12 heavy (non-hydrogen) atoms. The summed E-state index contributed by atoms with van der Waals surface area (Å²) < 4.78 is 0. The van der Waals surface area contributed by atoms with Crippen molar-refractivity contribution in [1.29, 1.82) is 0 Å². The van der Waals surface area contributed by atoms with E-state index in [0.717, 1.165) is 19.5 Å². The monoisotopic (exact) mass is 170 g/mol. The predicted octanol–water partition coefficient (Wildman–Crippen LogP) is 0.705. The van der Waals surface area contributed by atoms with Crippen LogP contribution in [-0.4, -0.2) is 29.4 Å². The molecule has 0 bridgehead atoms. The Kier molecular flexibility index (Phi) is 2.10. The van der Waals surface area contributed by atoms with E-state index in [1.165, 1.54) is 19.3 Å². The molecule has 1 aliphatic carbocycles. The van der Waals surface area contributed by atoms with Crippen LogP contribution in [0.15, 0.2) is 0 Å². The van der Waals surface area contributed by atoms with Crippen LogP contribution in [0.25, 0.3) is 0 Å². The van der Waals surface area contributed by atoms with Crippen LogP contribution < -0.4 is 5.43 Å². The van der Waals surface area contributed by atoms with Gasteiger partial charge in [0, 0.05) is 13.1 Å². The Bertz CT molecular complexity index is 168. The first-order valence-corrected chi connectivity index (χ1v) is 4.93. The molecule has 2 N–H and O–H groups in total. The van der Waals surface area contributed by atoms with Gasteiger partial charge in [0.25, 0.3) is 0 Å². The van der Waals surface area contributed by atoms with E-state index in [1.807, 2.05) is 6.92 Å². The Morgan fingerprint density at radius 1 is 1.50 bits per heavy atom. The molecule has 0 aromatic rings. The summed E-state index contributed by atoms with van der Waals surface area (Å²) >= 11 is 0. The van der Waals surface area contributed by atoms with E-state index in [1.54, 1.807) is 0 Å². The first-order chi connectivity index (χ1) is 5.74. The molecule has 70 valence electrons. The molecule has 3 nitrogen and oxygen atoms in total. The molecule has 1 saturated heterocycles. The fraction of sp³-hybridized carbons (Fsp3) is 1.00. The highest BCUT2D eigenvalue weighted by Gasteiger charge is 2.47. The zero-order chi connectivity index (χ0) is 8.60. The van der Waals surface area contributed by atoms with E-state index in [4.69, 9.17) is 0 Å². The third-order valence-corrected chi connectivity index (χ3v) is 3.11. The van der Waals surface area contributed by atoms with Crippen molar-refractivity contribution in [2.45, 2.75) is 38.8 Å². The van der Waals surface area contributed by atoms with E-state index in [0.29, 0.717) is 5.41 Å². The van der Waals surface area contributed by atoms with Crippen molar-refractivity contribution in [2.24, 2.45) is 5.41 Å². The molecule has 3 heteroatoms. The van der Waals surface area contributed by atoms with Crippen LogP contribution >= 0.6 is 0 Å². The highest BCUT2D eigenvalue weighted by Crippen LogP contribution is 2.52. The van der Waals surface area contributed by atoms with Crippen molar-refractivity contribution >= 4 is 0 Å². The zero-order valence-corrected chi connectivity index (χ0v) is 7.71. The number of rotatable bonds is 3. The molecular weight excluding hydrogens is 152 g/mol. The van der Waals surface area contributed by atoms with Gasteiger partial charge in [-0.15, -0.1) is 0 Å². The molecule has 0 radical (unpaired) electrons. The lowest BCUT2D eigenvalue weighted by atomic mass is 10.1. The molecular formula is C9H18N2O. The molecule has 0 aromatic heterocycles. The summed E-state index contributed by atoms with van der Waals surface area (Å²) in [6.45, 7) is 4.24. The third-order valence-electron chi connectivity index (χ3n) is 3.11. The number of nitrogens with one attached hydrogen (secondary N) is 1. The Morgan fingerprint density at radius 3 is 2.75 bits per heavy atom. The summed E-state index contributed by atoms with van der Waals surface area (Å²) in [6, 6.07) is 0. The summed E-state index contributed by atoms with van der Waals surface area (Å²) in [7, 11) is 0. The van der Waals surface area contributed by atoms with E-state index in [-0.39, 0.29) is 6.23 Å². The molecule has 1 atom stereocenters. The van der Waals surface area contributed by atoms with Gasteiger partial charge >= 0.3 is 0 Å². The predicted molar refractivity (Wildman–Crippen MR) is 47.3 cm³/mol. The number of hydrazine groups is 1. The lowest BCUT2D eigenvalue weighted by Crippen LogP contribution is -2.43. The van der Waals surface area contributed by atoms with Crippen LogP contribution in [0.3, 0.4) is 0 Å². The Labute approximate surface area is 73.7 Å². The SMILES string of the molecule is CCC(O)NN1CCC2(CC2)C1. The molecule has 1 unspecified atom stereocenters. The summed E-state index contributed by atoms with van der Waals surface area (Å²) in [4.78, 5) is 0. The van der Waals surface area contributed by atoms with Gasteiger partial charge in [0.15, 0.2) is 0 Å². The average Bonchev–Trinajstić information content (AvgIpc) is 2.68. The van der Waals surface area contributed by atoms with Gasteiger partial charge in [-0.25, -0.2) is 10.4 Å². The van der Waals surface area contributed by atoms with Gasteiger partial charge in [-0.3, -0.25) is 0 Å². The topological polar surface area (TPSA) is 35.5 Å². The Morgan fingerprint density at radius 2 is 2.25 bits per heavy atom. The molecule has 0 aromatic carbocycles. The van der Waals surface area contributed by atoms with E-state index in [2.05, 4.69) is 10.4 Å². The second kappa shape index (κ2) is 2.98. The van der Waals surface area contributed by atoms with Crippen LogP contribution in [-0.2, 0) is 0 Å². The quantitative estimate of drug-likeness (QED) is 0.612. The number of aliphatic hydroxyl groups excluding tert-OH is 1. The molecule has 2 rings (SSSR count). The second-order valence-corrected chi connectivity index (χ2v) is 4.22. The normalized spacial score (nSPS) is 29.5. The van der Waals surface area contributed by atoms with Crippen molar-refractivity contribution in [3.63, 3.8) is 0 Å². The average molecular weight is 170 g/mol. The number of nitrogens with zero attached hydrogens (tertiary/aromatic N) is 1. The fourth-order valence-corrected chi connectivity index (χ4v) is 1.93. The highest BCUT2D eigenvalue weighted by atomic mass is 16.3. The molecule has 2 aliphatic rings. The van der Waals surface area contributed by atoms with Crippen LogP contribution in [0.4, 0.5) is 0 Å². The van der Waals surface area contributed by atoms with E-state index >= 15 is 0 Å². The minimum atomic E-state index is -0.348. The van der Waals surface area contributed by atoms with Crippen molar-refractivity contribution in [1.82, 2.24) is 10.4 Å². The maximum absolute atomic E-state index is 9.36. The standard InChI is InChI=1S/C9H18N2O/c1-2-8(12)10-11-6-5-9(7-11)3-4-9/h8,10,12H,2-7H2,1H3. The summed E-state index contributed by atoms with van der Waals surface area (Å²) in [5.41, 5.74) is 3.77. The highest BCUT2D eigenvalue weighted by molar-refractivity contribution is 4.99. The molecule has 0 amide bonds. The van der Waals surface area contributed by atoms with Crippen LogP contribution in [0.2, 0.25) is 0 Å². The van der Waals surface area contributed by atoms with Crippen LogP contribution in [0, 0.1) is 5.41 Å². The lowest BCUT2D eigenvalue weighted by Gasteiger charge is -2.20. The van der Waals surface area contributed by atoms with E-state index in [9.17, 15) is 5.11 Å². The maximum Gasteiger partial charge on any atom is 0.117 e. The molecule has 1 aliphatic heterocycles. The van der Waals surface area contributed by atoms with Gasteiger partial charge in [0.1, 0.15) is 6.23 Å². The lowest BCUT2D eigenvalue weighted by molar-refractivity contribution is 0.0433. The van der Waals surface area contributed by atoms with Crippen molar-refractivity contribution in [3.05, 3.63) is 0 Å². The van der Waals surface area contributed by atoms with E-state index < -0.39 is 0 Å². The van der Waals surface area contributed by atoms with Gasteiger partial charge in [0.05, 0.1) is 0 Å². The Hall–Kier alpha value is -0.120. The first kappa shape index (κ1) is 8.48. The fourth-order valence-electron chi connectivity index (χ4n) is 1.93. The number of hydrogen-bond acceptors (Lipinski definition) is 3. The summed E-state index contributed by atoms with van der Waals surface area (Å²) in [5.74, 6) is 0. The molecule has 1 heterocycles. The number of hydrogen-bond donors (Lipinski definition) is 2. The van der Waals surface area contributed by atoms with Crippen molar-refractivity contribution in [3.8, 4) is 0 Å². The summed E-state index contributed by atoms with van der Waals surface area (Å²) in [5, 5.41) is 11.5. The summed E-state index contributed by atoms with van der Waals surface area (Å²) in [6.07, 6.45) is 4.54. The van der Waals surface area contributed by atoms with Crippen LogP contribution in [0.5, 0.6) is 0 Å². The largest absolute Gasteiger partial charge is 0.377 e.